The minimum atomic E-state index is -0.260. The quantitative estimate of drug-likeness (QED) is 0.787. The molecular weight excluding hydrogens is 337 g/mol. The van der Waals surface area contributed by atoms with Crippen molar-refractivity contribution in [3.05, 3.63) is 64.6 Å². The predicted molar refractivity (Wildman–Crippen MR) is 80.6 cm³/mol. The lowest BCUT2D eigenvalue weighted by Crippen LogP contribution is -2.05. The van der Waals surface area contributed by atoms with Gasteiger partial charge in [0.2, 0.25) is 0 Å². The van der Waals surface area contributed by atoms with Crippen molar-refractivity contribution in [2.75, 3.05) is 5.32 Å². The number of nitrogens with one attached hydrogen (secondary N) is 1. The first kappa shape index (κ1) is 13.7. The van der Waals surface area contributed by atoms with E-state index in [1.54, 1.807) is 10.7 Å². The Labute approximate surface area is 128 Å². The summed E-state index contributed by atoms with van der Waals surface area (Å²) in [5, 5.41) is 14.4. The first-order valence-corrected chi connectivity index (χ1v) is 7.03. The van der Waals surface area contributed by atoms with Gasteiger partial charge in [0, 0.05) is 11.0 Å². The van der Waals surface area contributed by atoms with Crippen LogP contribution in [-0.4, -0.2) is 20.2 Å². The lowest BCUT2D eigenvalue weighted by atomic mass is 10.2. The van der Waals surface area contributed by atoms with E-state index in [1.165, 1.54) is 18.5 Å². The second-order valence-corrected chi connectivity index (χ2v) is 5.22. The minimum absolute atomic E-state index is 0.260. The SMILES string of the molecule is Fc1ccc(Br)c(CNc2ccccc2-n2cnnn2)c1. The second-order valence-electron chi connectivity index (χ2n) is 4.36. The fourth-order valence-corrected chi connectivity index (χ4v) is 2.35. The van der Waals surface area contributed by atoms with Crippen molar-refractivity contribution < 1.29 is 4.39 Å². The van der Waals surface area contributed by atoms with Crippen LogP contribution in [0.25, 0.3) is 5.69 Å². The van der Waals surface area contributed by atoms with Crippen LogP contribution in [0, 0.1) is 5.82 Å². The molecule has 0 unspecified atom stereocenters. The van der Waals surface area contributed by atoms with E-state index in [0.29, 0.717) is 6.54 Å². The summed E-state index contributed by atoms with van der Waals surface area (Å²) in [6, 6.07) is 12.2. The number of rotatable bonds is 4. The molecule has 1 heterocycles. The number of hydrogen-bond donors (Lipinski definition) is 1. The number of para-hydroxylation sites is 2. The van der Waals surface area contributed by atoms with Crippen LogP contribution in [0.3, 0.4) is 0 Å². The van der Waals surface area contributed by atoms with E-state index >= 15 is 0 Å². The summed E-state index contributed by atoms with van der Waals surface area (Å²) >= 11 is 3.42. The average Bonchev–Trinajstić information content (AvgIpc) is 3.03. The summed E-state index contributed by atoms with van der Waals surface area (Å²) in [7, 11) is 0. The van der Waals surface area contributed by atoms with Crippen LogP contribution in [0.2, 0.25) is 0 Å². The van der Waals surface area contributed by atoms with Gasteiger partial charge in [-0.3, -0.25) is 0 Å². The van der Waals surface area contributed by atoms with Gasteiger partial charge in [0.15, 0.2) is 0 Å². The van der Waals surface area contributed by atoms with Crippen LogP contribution in [0.15, 0.2) is 53.3 Å². The molecule has 0 aliphatic carbocycles. The van der Waals surface area contributed by atoms with Gasteiger partial charge in [-0.05, 0) is 46.3 Å². The molecule has 0 aliphatic heterocycles. The third kappa shape index (κ3) is 3.08. The van der Waals surface area contributed by atoms with Gasteiger partial charge < -0.3 is 5.32 Å². The molecule has 1 aromatic heterocycles. The summed E-state index contributed by atoms with van der Waals surface area (Å²) in [5.74, 6) is -0.260. The fraction of sp³-hybridized carbons (Fsp3) is 0.0714. The van der Waals surface area contributed by atoms with Gasteiger partial charge in [0.05, 0.1) is 11.4 Å². The van der Waals surface area contributed by atoms with Crippen molar-refractivity contribution in [2.45, 2.75) is 6.54 Å². The van der Waals surface area contributed by atoms with Gasteiger partial charge >= 0.3 is 0 Å². The van der Waals surface area contributed by atoms with E-state index in [2.05, 4.69) is 36.8 Å². The van der Waals surface area contributed by atoms with Crippen molar-refractivity contribution >= 4 is 21.6 Å². The number of halogens is 2. The minimum Gasteiger partial charge on any atom is -0.379 e. The highest BCUT2D eigenvalue weighted by atomic mass is 79.9. The second kappa shape index (κ2) is 6.01. The zero-order valence-electron chi connectivity index (χ0n) is 10.9. The highest BCUT2D eigenvalue weighted by Gasteiger charge is 2.07. The van der Waals surface area contributed by atoms with Crippen molar-refractivity contribution in [1.29, 1.82) is 0 Å². The van der Waals surface area contributed by atoms with E-state index in [9.17, 15) is 4.39 Å². The smallest absolute Gasteiger partial charge is 0.143 e. The maximum atomic E-state index is 13.3. The molecule has 0 spiro atoms. The number of aromatic nitrogens is 4. The largest absolute Gasteiger partial charge is 0.379 e. The lowest BCUT2D eigenvalue weighted by molar-refractivity contribution is 0.625. The Morgan fingerprint density at radius 2 is 2.05 bits per heavy atom. The molecule has 0 saturated carbocycles. The topological polar surface area (TPSA) is 55.6 Å². The van der Waals surface area contributed by atoms with E-state index in [0.717, 1.165) is 21.4 Å². The third-order valence-electron chi connectivity index (χ3n) is 2.98. The number of anilines is 1. The zero-order valence-corrected chi connectivity index (χ0v) is 12.5. The summed E-state index contributed by atoms with van der Waals surface area (Å²) in [6.45, 7) is 0.484. The average molecular weight is 348 g/mol. The summed E-state index contributed by atoms with van der Waals surface area (Å²) < 4.78 is 15.7. The maximum absolute atomic E-state index is 13.3. The van der Waals surface area contributed by atoms with Crippen LogP contribution < -0.4 is 5.32 Å². The number of hydrogen-bond acceptors (Lipinski definition) is 4. The van der Waals surface area contributed by atoms with E-state index in [4.69, 9.17) is 0 Å². The molecule has 0 amide bonds. The molecule has 1 N–H and O–H groups in total. The van der Waals surface area contributed by atoms with Crippen molar-refractivity contribution in [2.24, 2.45) is 0 Å². The standard InChI is InChI=1S/C14H11BrFN5/c15-12-6-5-11(16)7-10(12)8-17-13-3-1-2-4-14(13)21-9-18-19-20-21/h1-7,9,17H,8H2. The lowest BCUT2D eigenvalue weighted by Gasteiger charge is -2.12. The van der Waals surface area contributed by atoms with Gasteiger partial charge in [-0.15, -0.1) is 5.10 Å². The molecule has 3 aromatic rings. The molecule has 3 rings (SSSR count). The Hall–Kier alpha value is -2.28. The Bertz CT molecular complexity index is 745. The Morgan fingerprint density at radius 1 is 1.19 bits per heavy atom. The summed E-state index contributed by atoms with van der Waals surface area (Å²) in [5.41, 5.74) is 2.53. The summed E-state index contributed by atoms with van der Waals surface area (Å²) in [4.78, 5) is 0. The highest BCUT2D eigenvalue weighted by Crippen LogP contribution is 2.22. The van der Waals surface area contributed by atoms with Crippen molar-refractivity contribution in [3.8, 4) is 5.69 Å². The molecule has 7 heteroatoms. The van der Waals surface area contributed by atoms with Gasteiger partial charge in [-0.2, -0.15) is 4.68 Å². The molecule has 0 atom stereocenters. The number of benzene rings is 2. The first-order valence-electron chi connectivity index (χ1n) is 6.24. The molecule has 0 radical (unpaired) electrons. The van der Waals surface area contributed by atoms with Crippen molar-refractivity contribution in [3.63, 3.8) is 0 Å². The van der Waals surface area contributed by atoms with E-state index in [1.807, 2.05) is 24.3 Å². The third-order valence-corrected chi connectivity index (χ3v) is 3.75. The van der Waals surface area contributed by atoms with Crippen LogP contribution in [-0.2, 0) is 6.54 Å². The molecule has 21 heavy (non-hydrogen) atoms. The van der Waals surface area contributed by atoms with Crippen molar-refractivity contribution in [1.82, 2.24) is 20.2 Å². The molecular formula is C14H11BrFN5. The van der Waals surface area contributed by atoms with Crippen LogP contribution >= 0.6 is 15.9 Å². The molecule has 106 valence electrons. The van der Waals surface area contributed by atoms with Gasteiger partial charge in [-0.25, -0.2) is 4.39 Å². The zero-order chi connectivity index (χ0) is 14.7. The first-order chi connectivity index (χ1) is 10.2. The molecule has 0 bridgehead atoms. The molecule has 5 nitrogen and oxygen atoms in total. The maximum Gasteiger partial charge on any atom is 0.143 e. The Balaban J connectivity index is 1.84. The van der Waals surface area contributed by atoms with Crippen LogP contribution in [0.1, 0.15) is 5.56 Å². The van der Waals surface area contributed by atoms with Crippen LogP contribution in [0.5, 0.6) is 0 Å². The molecule has 0 aliphatic rings. The fourth-order valence-electron chi connectivity index (χ4n) is 1.96. The van der Waals surface area contributed by atoms with E-state index in [-0.39, 0.29) is 5.82 Å². The highest BCUT2D eigenvalue weighted by molar-refractivity contribution is 9.10. The van der Waals surface area contributed by atoms with Crippen LogP contribution in [0.4, 0.5) is 10.1 Å². The summed E-state index contributed by atoms with van der Waals surface area (Å²) in [6.07, 6.45) is 1.53. The predicted octanol–water partition coefficient (Wildman–Crippen LogP) is 3.18. The monoisotopic (exact) mass is 347 g/mol. The van der Waals surface area contributed by atoms with E-state index < -0.39 is 0 Å². The number of tetrazole rings is 1. The molecule has 0 saturated heterocycles. The van der Waals surface area contributed by atoms with Gasteiger partial charge in [0.1, 0.15) is 12.1 Å². The Kier molecular flexibility index (Phi) is 3.92. The molecule has 0 fully saturated rings. The number of nitrogens with zero attached hydrogens (tertiary/aromatic N) is 4. The Morgan fingerprint density at radius 3 is 2.86 bits per heavy atom. The van der Waals surface area contributed by atoms with Gasteiger partial charge in [0.25, 0.3) is 0 Å². The molecule has 2 aromatic carbocycles. The van der Waals surface area contributed by atoms with Gasteiger partial charge in [-0.1, -0.05) is 28.1 Å². The normalized spacial score (nSPS) is 10.6.